The Morgan fingerprint density at radius 2 is 1.58 bits per heavy atom. The van der Waals surface area contributed by atoms with E-state index in [2.05, 4.69) is 9.88 Å². The van der Waals surface area contributed by atoms with Crippen LogP contribution in [0.3, 0.4) is 0 Å². The van der Waals surface area contributed by atoms with Gasteiger partial charge in [0.15, 0.2) is 5.82 Å². The number of aromatic nitrogens is 2. The summed E-state index contributed by atoms with van der Waals surface area (Å²) < 4.78 is 0. The SMILES string of the molecule is Cc1cc(N2CC3CC(O)C(O)CC3C2)nc(-c2ccccc2)n1. The van der Waals surface area contributed by atoms with Crippen molar-refractivity contribution in [2.75, 3.05) is 18.0 Å². The molecule has 2 aliphatic rings. The number of rotatable bonds is 2. The number of nitrogens with zero attached hydrogens (tertiary/aromatic N) is 3. The van der Waals surface area contributed by atoms with Gasteiger partial charge in [-0.1, -0.05) is 30.3 Å². The van der Waals surface area contributed by atoms with Gasteiger partial charge in [0.2, 0.25) is 0 Å². The van der Waals surface area contributed by atoms with E-state index in [9.17, 15) is 10.2 Å². The van der Waals surface area contributed by atoms with Crippen molar-refractivity contribution in [3.8, 4) is 11.4 Å². The minimum absolute atomic E-state index is 0.429. The number of aryl methyl sites for hydroxylation is 1. The van der Waals surface area contributed by atoms with E-state index in [0.29, 0.717) is 24.7 Å². The molecule has 1 saturated carbocycles. The lowest BCUT2D eigenvalue weighted by atomic mass is 9.79. The van der Waals surface area contributed by atoms with Gasteiger partial charge in [-0.2, -0.15) is 0 Å². The van der Waals surface area contributed by atoms with Crippen LogP contribution in [0.15, 0.2) is 36.4 Å². The number of aliphatic hydroxyl groups excluding tert-OH is 2. The maximum Gasteiger partial charge on any atom is 0.161 e. The molecule has 24 heavy (non-hydrogen) atoms. The summed E-state index contributed by atoms with van der Waals surface area (Å²) in [5.41, 5.74) is 1.97. The zero-order valence-electron chi connectivity index (χ0n) is 13.8. The number of benzene rings is 1. The van der Waals surface area contributed by atoms with Crippen LogP contribution < -0.4 is 4.90 Å². The molecule has 1 aliphatic heterocycles. The molecule has 1 saturated heterocycles. The lowest BCUT2D eigenvalue weighted by Crippen LogP contribution is -2.38. The molecule has 1 aromatic heterocycles. The Balaban J connectivity index is 1.60. The van der Waals surface area contributed by atoms with Crippen LogP contribution in [-0.4, -0.2) is 45.5 Å². The Labute approximate surface area is 142 Å². The predicted octanol–water partition coefficient (Wildman–Crippen LogP) is 2.02. The summed E-state index contributed by atoms with van der Waals surface area (Å²) in [5.74, 6) is 2.55. The van der Waals surface area contributed by atoms with Crippen molar-refractivity contribution in [3.05, 3.63) is 42.1 Å². The van der Waals surface area contributed by atoms with Gasteiger partial charge in [-0.3, -0.25) is 0 Å². The Bertz CT molecular complexity index is 704. The third kappa shape index (κ3) is 2.89. The average molecular weight is 325 g/mol. The lowest BCUT2D eigenvalue weighted by Gasteiger charge is -2.31. The van der Waals surface area contributed by atoms with E-state index >= 15 is 0 Å². The van der Waals surface area contributed by atoms with Crippen molar-refractivity contribution in [1.82, 2.24) is 9.97 Å². The molecule has 4 atom stereocenters. The fourth-order valence-electron chi connectivity index (χ4n) is 4.02. The summed E-state index contributed by atoms with van der Waals surface area (Å²) in [7, 11) is 0. The number of hydrogen-bond donors (Lipinski definition) is 2. The van der Waals surface area contributed by atoms with E-state index in [-0.39, 0.29) is 0 Å². The fraction of sp³-hybridized carbons (Fsp3) is 0.474. The van der Waals surface area contributed by atoms with E-state index in [1.54, 1.807) is 0 Å². The molecule has 2 fully saturated rings. The second kappa shape index (κ2) is 6.15. The molecule has 0 radical (unpaired) electrons. The van der Waals surface area contributed by atoms with Crippen LogP contribution in [0.5, 0.6) is 0 Å². The van der Waals surface area contributed by atoms with Gasteiger partial charge >= 0.3 is 0 Å². The van der Waals surface area contributed by atoms with Crippen LogP contribution in [0, 0.1) is 18.8 Å². The normalized spacial score (nSPS) is 29.5. The molecule has 2 heterocycles. The molecular weight excluding hydrogens is 302 g/mol. The van der Waals surface area contributed by atoms with Crippen LogP contribution in [0.25, 0.3) is 11.4 Å². The second-order valence-electron chi connectivity index (χ2n) is 7.09. The number of fused-ring (bicyclic) bond motifs is 1. The molecule has 0 bridgehead atoms. The minimum atomic E-state index is -0.585. The summed E-state index contributed by atoms with van der Waals surface area (Å²) in [6, 6.07) is 12.0. The quantitative estimate of drug-likeness (QED) is 0.884. The standard InChI is InChI=1S/C19H23N3O2/c1-12-7-18(21-19(20-12)13-5-3-2-4-6-13)22-10-14-8-16(23)17(24)9-15(14)11-22/h2-7,14-17,23-24H,8-11H2,1H3. The van der Waals surface area contributed by atoms with Crippen LogP contribution in [0.1, 0.15) is 18.5 Å². The Hall–Kier alpha value is -1.98. The predicted molar refractivity (Wildman–Crippen MR) is 92.6 cm³/mol. The molecule has 4 rings (SSSR count). The highest BCUT2D eigenvalue weighted by molar-refractivity contribution is 5.58. The van der Waals surface area contributed by atoms with Gasteiger partial charge in [-0.25, -0.2) is 9.97 Å². The average Bonchev–Trinajstić information content (AvgIpc) is 2.98. The molecule has 0 amide bonds. The van der Waals surface area contributed by atoms with Gasteiger partial charge in [0.25, 0.3) is 0 Å². The first-order valence-electron chi connectivity index (χ1n) is 8.62. The van der Waals surface area contributed by atoms with Crippen LogP contribution in [0.4, 0.5) is 5.82 Å². The molecule has 2 N–H and O–H groups in total. The molecule has 1 aromatic carbocycles. The zero-order chi connectivity index (χ0) is 16.7. The van der Waals surface area contributed by atoms with Crippen molar-refractivity contribution in [1.29, 1.82) is 0 Å². The van der Waals surface area contributed by atoms with Crippen molar-refractivity contribution < 1.29 is 10.2 Å². The summed E-state index contributed by atoms with van der Waals surface area (Å²) >= 11 is 0. The Kier molecular flexibility index (Phi) is 3.98. The Morgan fingerprint density at radius 1 is 0.958 bits per heavy atom. The highest BCUT2D eigenvalue weighted by Crippen LogP contribution is 2.38. The van der Waals surface area contributed by atoms with Crippen molar-refractivity contribution in [2.24, 2.45) is 11.8 Å². The van der Waals surface area contributed by atoms with Gasteiger partial charge in [-0.15, -0.1) is 0 Å². The Morgan fingerprint density at radius 3 is 2.21 bits per heavy atom. The molecule has 1 aliphatic carbocycles. The molecule has 126 valence electrons. The van der Waals surface area contributed by atoms with Crippen molar-refractivity contribution in [2.45, 2.75) is 32.0 Å². The van der Waals surface area contributed by atoms with Crippen LogP contribution >= 0.6 is 0 Å². The summed E-state index contributed by atoms with van der Waals surface area (Å²) in [6.07, 6.45) is 0.187. The minimum Gasteiger partial charge on any atom is -0.390 e. The molecule has 5 nitrogen and oxygen atoms in total. The molecule has 0 spiro atoms. The second-order valence-corrected chi connectivity index (χ2v) is 7.09. The molecule has 5 heteroatoms. The van der Waals surface area contributed by atoms with E-state index < -0.39 is 12.2 Å². The first-order chi connectivity index (χ1) is 11.6. The third-order valence-corrected chi connectivity index (χ3v) is 5.31. The van der Waals surface area contributed by atoms with Gasteiger partial charge in [0.1, 0.15) is 5.82 Å². The monoisotopic (exact) mass is 325 g/mol. The lowest BCUT2D eigenvalue weighted by molar-refractivity contribution is -0.0372. The smallest absolute Gasteiger partial charge is 0.161 e. The van der Waals surface area contributed by atoms with Crippen molar-refractivity contribution >= 4 is 5.82 Å². The maximum absolute atomic E-state index is 9.92. The third-order valence-electron chi connectivity index (χ3n) is 5.31. The summed E-state index contributed by atoms with van der Waals surface area (Å²) in [5, 5.41) is 19.8. The van der Waals surface area contributed by atoms with Gasteiger partial charge in [0, 0.05) is 30.4 Å². The van der Waals surface area contributed by atoms with Gasteiger partial charge in [-0.05, 0) is 31.6 Å². The zero-order valence-corrected chi connectivity index (χ0v) is 13.8. The van der Waals surface area contributed by atoms with Gasteiger partial charge < -0.3 is 15.1 Å². The van der Waals surface area contributed by atoms with E-state index in [1.165, 1.54) is 0 Å². The van der Waals surface area contributed by atoms with E-state index in [0.717, 1.165) is 36.0 Å². The van der Waals surface area contributed by atoms with Crippen LogP contribution in [-0.2, 0) is 0 Å². The topological polar surface area (TPSA) is 69.5 Å². The summed E-state index contributed by atoms with van der Waals surface area (Å²) in [4.78, 5) is 11.6. The van der Waals surface area contributed by atoms with E-state index in [4.69, 9.17) is 4.98 Å². The van der Waals surface area contributed by atoms with Crippen LogP contribution in [0.2, 0.25) is 0 Å². The molecular formula is C19H23N3O2. The van der Waals surface area contributed by atoms with E-state index in [1.807, 2.05) is 43.3 Å². The number of hydrogen-bond acceptors (Lipinski definition) is 5. The fourth-order valence-corrected chi connectivity index (χ4v) is 4.02. The first kappa shape index (κ1) is 15.5. The number of anilines is 1. The number of aliphatic hydroxyl groups is 2. The highest BCUT2D eigenvalue weighted by atomic mass is 16.3. The molecule has 2 aromatic rings. The molecule has 4 unspecified atom stereocenters. The highest BCUT2D eigenvalue weighted by Gasteiger charge is 2.41. The first-order valence-corrected chi connectivity index (χ1v) is 8.62. The largest absolute Gasteiger partial charge is 0.390 e. The summed E-state index contributed by atoms with van der Waals surface area (Å²) in [6.45, 7) is 3.77. The van der Waals surface area contributed by atoms with Crippen molar-refractivity contribution in [3.63, 3.8) is 0 Å². The maximum atomic E-state index is 9.92. The van der Waals surface area contributed by atoms with Gasteiger partial charge in [0.05, 0.1) is 12.2 Å².